The quantitative estimate of drug-likeness (QED) is 0.587. The smallest absolute Gasteiger partial charge is 0.105 e. The molecule has 0 atom stereocenters. The van der Waals surface area contributed by atoms with Crippen LogP contribution in [0.25, 0.3) is 22.3 Å². The Balaban J connectivity index is 2.34. The number of benzene rings is 2. The highest BCUT2D eigenvalue weighted by Gasteiger charge is 2.11. The van der Waals surface area contributed by atoms with Crippen LogP contribution in [0.3, 0.4) is 0 Å². The molecule has 0 unspecified atom stereocenters. The fourth-order valence-corrected chi connectivity index (χ4v) is 2.84. The number of aryl methyl sites for hydroxylation is 1. The van der Waals surface area contributed by atoms with Crippen LogP contribution in [0.15, 0.2) is 51.4 Å². The van der Waals surface area contributed by atoms with E-state index in [4.69, 9.17) is 4.98 Å². The van der Waals surface area contributed by atoms with Crippen LogP contribution in [0.5, 0.6) is 0 Å². The van der Waals surface area contributed by atoms with Gasteiger partial charge in [0, 0.05) is 14.5 Å². The summed E-state index contributed by atoms with van der Waals surface area (Å²) in [7, 11) is 0. The average molecular weight is 378 g/mol. The maximum Gasteiger partial charge on any atom is 0.105 e. The van der Waals surface area contributed by atoms with E-state index < -0.39 is 0 Å². The molecule has 0 fully saturated rings. The van der Waals surface area contributed by atoms with E-state index in [-0.39, 0.29) is 0 Å². The maximum atomic E-state index is 4.77. The summed E-state index contributed by atoms with van der Waals surface area (Å²) in [5, 5.41) is 0. The highest BCUT2D eigenvalue weighted by molar-refractivity contribution is 9.11. The summed E-state index contributed by atoms with van der Waals surface area (Å²) in [6, 6.07) is 14.1. The van der Waals surface area contributed by atoms with Gasteiger partial charge in [-0.05, 0) is 50.9 Å². The van der Waals surface area contributed by atoms with Gasteiger partial charge in [0.15, 0.2) is 0 Å². The Labute approximate surface area is 128 Å². The monoisotopic (exact) mass is 376 g/mol. The lowest BCUT2D eigenvalue weighted by molar-refractivity contribution is 1.18. The third-order valence-corrected chi connectivity index (χ3v) is 4.23. The number of halogens is 2. The molecule has 1 aromatic heterocycles. The van der Waals surface area contributed by atoms with Crippen molar-refractivity contribution < 1.29 is 0 Å². The van der Waals surface area contributed by atoms with Gasteiger partial charge in [0.05, 0.1) is 11.4 Å². The molecule has 0 aliphatic heterocycles. The average Bonchev–Trinajstić information content (AvgIpc) is 2.44. The van der Waals surface area contributed by atoms with Crippen molar-refractivity contribution in [1.82, 2.24) is 9.97 Å². The van der Waals surface area contributed by atoms with Crippen LogP contribution in [0.4, 0.5) is 0 Å². The zero-order chi connectivity index (χ0) is 13.4. The molecule has 1 heterocycles. The Hall–Kier alpha value is -1.26. The van der Waals surface area contributed by atoms with E-state index in [1.165, 1.54) is 0 Å². The lowest BCUT2D eigenvalue weighted by Crippen LogP contribution is -1.95. The van der Waals surface area contributed by atoms with Crippen molar-refractivity contribution in [3.05, 3.63) is 57.1 Å². The highest BCUT2D eigenvalue weighted by atomic mass is 79.9. The van der Waals surface area contributed by atoms with Crippen molar-refractivity contribution in [2.24, 2.45) is 0 Å². The van der Waals surface area contributed by atoms with Gasteiger partial charge in [0.2, 0.25) is 0 Å². The molecule has 0 spiro atoms. The fourth-order valence-electron chi connectivity index (χ4n) is 2.03. The molecule has 0 aliphatic carbocycles. The molecule has 0 bridgehead atoms. The van der Waals surface area contributed by atoms with Gasteiger partial charge in [0.25, 0.3) is 0 Å². The highest BCUT2D eigenvalue weighted by Crippen LogP contribution is 2.30. The van der Waals surface area contributed by atoms with E-state index in [2.05, 4.69) is 49.0 Å². The van der Waals surface area contributed by atoms with Crippen molar-refractivity contribution in [3.8, 4) is 11.3 Å². The van der Waals surface area contributed by atoms with Crippen LogP contribution >= 0.6 is 31.9 Å². The van der Waals surface area contributed by atoms with Crippen LogP contribution < -0.4 is 0 Å². The van der Waals surface area contributed by atoms with Crippen LogP contribution in [0.2, 0.25) is 0 Å². The molecule has 2 nitrogen and oxygen atoms in total. The van der Waals surface area contributed by atoms with Crippen molar-refractivity contribution >= 4 is 42.9 Å². The predicted molar refractivity (Wildman–Crippen MR) is 85.1 cm³/mol. The summed E-state index contributed by atoms with van der Waals surface area (Å²) >= 11 is 7.06. The molecule has 0 N–H and O–H groups in total. The first-order valence-electron chi connectivity index (χ1n) is 5.84. The van der Waals surface area contributed by atoms with Crippen LogP contribution in [0, 0.1) is 6.92 Å². The zero-order valence-corrected chi connectivity index (χ0v) is 13.4. The molecule has 0 radical (unpaired) electrons. The van der Waals surface area contributed by atoms with Gasteiger partial charge in [-0.15, -0.1) is 0 Å². The SMILES string of the molecule is Cc1nc2c(Br)ccc(Br)c2nc1-c1ccccc1. The number of nitrogens with zero attached hydrogens (tertiary/aromatic N) is 2. The van der Waals surface area contributed by atoms with Crippen LogP contribution in [0.1, 0.15) is 5.69 Å². The summed E-state index contributed by atoms with van der Waals surface area (Å²) in [4.78, 5) is 9.44. The minimum atomic E-state index is 0.874. The van der Waals surface area contributed by atoms with E-state index in [1.54, 1.807) is 0 Å². The standard InChI is InChI=1S/C15H10Br2N2/c1-9-13(10-5-3-2-4-6-10)19-15-12(17)8-7-11(16)14(15)18-9/h2-8H,1H3. The summed E-state index contributed by atoms with van der Waals surface area (Å²) in [5.74, 6) is 0. The van der Waals surface area contributed by atoms with Crippen molar-refractivity contribution in [2.75, 3.05) is 0 Å². The van der Waals surface area contributed by atoms with Crippen molar-refractivity contribution in [2.45, 2.75) is 6.92 Å². The van der Waals surface area contributed by atoms with Crippen LogP contribution in [-0.2, 0) is 0 Å². The molecule has 0 saturated carbocycles. The predicted octanol–water partition coefficient (Wildman–Crippen LogP) is 5.13. The van der Waals surface area contributed by atoms with Gasteiger partial charge in [-0.1, -0.05) is 30.3 Å². The Kier molecular flexibility index (Phi) is 3.37. The lowest BCUT2D eigenvalue weighted by atomic mass is 10.1. The first-order chi connectivity index (χ1) is 9.16. The second-order valence-corrected chi connectivity index (χ2v) is 5.96. The molecule has 3 aromatic rings. The molecular weight excluding hydrogens is 368 g/mol. The van der Waals surface area contributed by atoms with E-state index in [9.17, 15) is 0 Å². The fraction of sp³-hybridized carbons (Fsp3) is 0.0667. The van der Waals surface area contributed by atoms with Crippen LogP contribution in [-0.4, -0.2) is 9.97 Å². The van der Waals surface area contributed by atoms with Crippen molar-refractivity contribution in [1.29, 1.82) is 0 Å². The number of fused-ring (bicyclic) bond motifs is 1. The first-order valence-corrected chi connectivity index (χ1v) is 7.43. The van der Waals surface area contributed by atoms with E-state index >= 15 is 0 Å². The van der Waals surface area contributed by atoms with Gasteiger partial charge in [-0.2, -0.15) is 0 Å². The number of rotatable bonds is 1. The molecule has 94 valence electrons. The number of hydrogen-bond donors (Lipinski definition) is 0. The van der Waals surface area contributed by atoms with Gasteiger partial charge >= 0.3 is 0 Å². The summed E-state index contributed by atoms with van der Waals surface area (Å²) in [5.41, 5.74) is 4.69. The largest absolute Gasteiger partial charge is 0.248 e. The second kappa shape index (κ2) is 5.02. The topological polar surface area (TPSA) is 25.8 Å². The Morgan fingerprint density at radius 2 is 1.37 bits per heavy atom. The molecule has 4 heteroatoms. The third kappa shape index (κ3) is 2.30. The Morgan fingerprint density at radius 3 is 2.00 bits per heavy atom. The second-order valence-electron chi connectivity index (χ2n) is 4.25. The lowest BCUT2D eigenvalue weighted by Gasteiger charge is -2.08. The van der Waals surface area contributed by atoms with E-state index in [0.717, 1.165) is 36.9 Å². The molecule has 0 saturated heterocycles. The minimum absolute atomic E-state index is 0.874. The minimum Gasteiger partial charge on any atom is -0.248 e. The summed E-state index contributed by atoms with van der Waals surface area (Å²) in [6.07, 6.45) is 0. The van der Waals surface area contributed by atoms with E-state index in [1.807, 2.05) is 37.3 Å². The van der Waals surface area contributed by atoms with Gasteiger partial charge < -0.3 is 0 Å². The molecule has 19 heavy (non-hydrogen) atoms. The molecule has 3 rings (SSSR count). The Bertz CT molecular complexity index is 755. The first kappa shape index (κ1) is 12.8. The van der Waals surface area contributed by atoms with E-state index in [0.29, 0.717) is 0 Å². The third-order valence-electron chi connectivity index (χ3n) is 2.95. The molecular formula is C15H10Br2N2. The molecule has 0 aliphatic rings. The maximum absolute atomic E-state index is 4.77. The van der Waals surface area contributed by atoms with Gasteiger partial charge in [0.1, 0.15) is 11.0 Å². The summed E-state index contributed by atoms with van der Waals surface area (Å²) < 4.78 is 1.91. The number of hydrogen-bond acceptors (Lipinski definition) is 2. The number of aromatic nitrogens is 2. The molecule has 2 aromatic carbocycles. The zero-order valence-electron chi connectivity index (χ0n) is 10.2. The van der Waals surface area contributed by atoms with Crippen molar-refractivity contribution in [3.63, 3.8) is 0 Å². The Morgan fingerprint density at radius 1 is 0.789 bits per heavy atom. The van der Waals surface area contributed by atoms with Gasteiger partial charge in [-0.3, -0.25) is 0 Å². The molecule has 0 amide bonds. The normalized spacial score (nSPS) is 10.9. The summed E-state index contributed by atoms with van der Waals surface area (Å²) in [6.45, 7) is 1.99. The van der Waals surface area contributed by atoms with Gasteiger partial charge in [-0.25, -0.2) is 9.97 Å².